The standard InChI is InChI=1S/C31H38N6O3/c1-4-35-15-17-36(18-16-35)13-10-23-5-7-24(8-6-23)31(38)34-30-20-26(9-12-33-30)40-29-19-25-11-14-37(22-32-2)27(25)21-28(29)39-3/h5-9,11-12,14,19-21,32H,4,10,13,15-18,22H2,1-3H3,(H,33,34,38). The number of carbonyl (C=O) groups excluding carboxylic acids is 1. The molecule has 1 aliphatic rings. The van der Waals surface area contributed by atoms with Crippen molar-refractivity contribution in [1.29, 1.82) is 0 Å². The molecule has 0 spiro atoms. The van der Waals surface area contributed by atoms with E-state index in [1.807, 2.05) is 55.7 Å². The van der Waals surface area contributed by atoms with Crippen molar-refractivity contribution in [3.05, 3.63) is 78.1 Å². The molecule has 9 heteroatoms. The van der Waals surface area contributed by atoms with Crippen LogP contribution in [-0.2, 0) is 13.1 Å². The van der Waals surface area contributed by atoms with E-state index in [2.05, 4.69) is 36.9 Å². The van der Waals surface area contributed by atoms with E-state index in [9.17, 15) is 4.79 Å². The number of amides is 1. The number of carbonyl (C=O) groups is 1. The Morgan fingerprint density at radius 1 is 0.975 bits per heavy atom. The third-order valence-electron chi connectivity index (χ3n) is 7.43. The Bertz CT molecular complexity index is 1430. The summed E-state index contributed by atoms with van der Waals surface area (Å²) in [6.07, 6.45) is 4.61. The van der Waals surface area contributed by atoms with Crippen LogP contribution in [0.15, 0.2) is 67.0 Å². The fourth-order valence-electron chi connectivity index (χ4n) is 5.04. The summed E-state index contributed by atoms with van der Waals surface area (Å²) >= 11 is 0. The first kappa shape index (κ1) is 27.6. The zero-order valence-corrected chi connectivity index (χ0v) is 23.5. The molecule has 1 fully saturated rings. The van der Waals surface area contributed by atoms with Crippen LogP contribution in [-0.4, -0.2) is 78.7 Å². The Morgan fingerprint density at radius 3 is 2.48 bits per heavy atom. The lowest BCUT2D eigenvalue weighted by atomic mass is 10.1. The average Bonchev–Trinajstić information content (AvgIpc) is 3.37. The van der Waals surface area contributed by atoms with Crippen molar-refractivity contribution in [2.45, 2.75) is 20.0 Å². The highest BCUT2D eigenvalue weighted by Gasteiger charge is 2.16. The van der Waals surface area contributed by atoms with Gasteiger partial charge in [-0.25, -0.2) is 4.98 Å². The molecule has 4 aromatic rings. The minimum absolute atomic E-state index is 0.211. The summed E-state index contributed by atoms with van der Waals surface area (Å²) < 4.78 is 13.9. The van der Waals surface area contributed by atoms with Gasteiger partial charge >= 0.3 is 0 Å². The second kappa shape index (κ2) is 13.0. The fourth-order valence-corrected chi connectivity index (χ4v) is 5.04. The van der Waals surface area contributed by atoms with Gasteiger partial charge in [0.05, 0.1) is 19.3 Å². The lowest BCUT2D eigenvalue weighted by Crippen LogP contribution is -2.46. The van der Waals surface area contributed by atoms with E-state index in [-0.39, 0.29) is 5.91 Å². The molecule has 1 amide bonds. The van der Waals surface area contributed by atoms with Crippen LogP contribution < -0.4 is 20.1 Å². The number of anilines is 1. The Kier molecular flexibility index (Phi) is 8.95. The molecular weight excluding hydrogens is 504 g/mol. The van der Waals surface area contributed by atoms with Crippen molar-refractivity contribution in [3.63, 3.8) is 0 Å². The summed E-state index contributed by atoms with van der Waals surface area (Å²) in [5, 5.41) is 7.08. The quantitative estimate of drug-likeness (QED) is 0.290. The lowest BCUT2D eigenvalue weighted by Gasteiger charge is -2.34. The van der Waals surface area contributed by atoms with E-state index in [0.717, 1.165) is 56.6 Å². The number of hydrogen-bond donors (Lipinski definition) is 2. The molecule has 40 heavy (non-hydrogen) atoms. The summed E-state index contributed by atoms with van der Waals surface area (Å²) in [5.74, 6) is 1.96. The maximum atomic E-state index is 12.9. The first-order chi connectivity index (χ1) is 19.6. The highest BCUT2D eigenvalue weighted by atomic mass is 16.5. The van der Waals surface area contributed by atoms with E-state index >= 15 is 0 Å². The molecule has 5 rings (SSSR count). The monoisotopic (exact) mass is 542 g/mol. The van der Waals surface area contributed by atoms with E-state index in [1.165, 1.54) is 5.56 Å². The normalized spacial score (nSPS) is 14.4. The molecule has 9 nitrogen and oxygen atoms in total. The fraction of sp³-hybridized carbons (Fsp3) is 0.355. The minimum Gasteiger partial charge on any atom is -0.493 e. The van der Waals surface area contributed by atoms with E-state index in [0.29, 0.717) is 35.3 Å². The number of pyridine rings is 1. The number of nitrogens with zero attached hydrogens (tertiary/aromatic N) is 4. The number of nitrogens with one attached hydrogen (secondary N) is 2. The number of piperazine rings is 1. The SMILES string of the molecule is CCN1CCN(CCc2ccc(C(=O)Nc3cc(Oc4cc5ccn(CNC)c5cc4OC)ccn3)cc2)CC1. The van der Waals surface area contributed by atoms with Crippen molar-refractivity contribution in [2.24, 2.45) is 0 Å². The van der Waals surface area contributed by atoms with Gasteiger partial charge in [0.1, 0.15) is 11.6 Å². The minimum atomic E-state index is -0.211. The first-order valence-electron chi connectivity index (χ1n) is 13.9. The average molecular weight is 543 g/mol. The molecule has 0 saturated carbocycles. The summed E-state index contributed by atoms with van der Waals surface area (Å²) in [5.41, 5.74) is 2.86. The number of aromatic nitrogens is 2. The number of methoxy groups -OCH3 is 1. The highest BCUT2D eigenvalue weighted by Crippen LogP contribution is 2.36. The zero-order chi connectivity index (χ0) is 27.9. The predicted molar refractivity (Wildman–Crippen MR) is 159 cm³/mol. The van der Waals surface area contributed by atoms with Gasteiger partial charge in [0.15, 0.2) is 11.5 Å². The molecule has 0 aliphatic carbocycles. The van der Waals surface area contributed by atoms with Gasteiger partial charge in [-0.3, -0.25) is 4.79 Å². The topological polar surface area (TPSA) is 83.9 Å². The molecule has 1 aliphatic heterocycles. The van der Waals surface area contributed by atoms with Crippen LogP contribution >= 0.6 is 0 Å². The molecule has 3 heterocycles. The van der Waals surface area contributed by atoms with Crippen LogP contribution in [0.2, 0.25) is 0 Å². The number of rotatable bonds is 11. The zero-order valence-electron chi connectivity index (χ0n) is 23.5. The lowest BCUT2D eigenvalue weighted by molar-refractivity contribution is 0.102. The van der Waals surface area contributed by atoms with Gasteiger partial charge in [0.2, 0.25) is 0 Å². The van der Waals surface area contributed by atoms with Crippen LogP contribution in [0.25, 0.3) is 10.9 Å². The number of benzene rings is 2. The molecule has 1 saturated heterocycles. The molecule has 210 valence electrons. The van der Waals surface area contributed by atoms with Gasteiger partial charge in [-0.15, -0.1) is 0 Å². The third kappa shape index (κ3) is 6.62. The van der Waals surface area contributed by atoms with E-state index in [4.69, 9.17) is 9.47 Å². The van der Waals surface area contributed by atoms with Crippen molar-refractivity contribution < 1.29 is 14.3 Å². The molecule has 2 N–H and O–H groups in total. The second-order valence-electron chi connectivity index (χ2n) is 10.0. The molecule has 0 radical (unpaired) electrons. The van der Waals surface area contributed by atoms with E-state index in [1.54, 1.807) is 25.4 Å². The smallest absolute Gasteiger partial charge is 0.256 e. The maximum Gasteiger partial charge on any atom is 0.256 e. The van der Waals surface area contributed by atoms with Gasteiger partial charge in [-0.1, -0.05) is 19.1 Å². The van der Waals surface area contributed by atoms with Gasteiger partial charge in [0.25, 0.3) is 5.91 Å². The largest absolute Gasteiger partial charge is 0.493 e. The Morgan fingerprint density at radius 2 is 1.75 bits per heavy atom. The Hall–Kier alpha value is -3.92. The van der Waals surface area contributed by atoms with Crippen molar-refractivity contribution in [1.82, 2.24) is 24.7 Å². The number of likely N-dealkylation sites (N-methyl/N-ethyl adjacent to an activating group) is 1. The summed E-state index contributed by atoms with van der Waals surface area (Å²) in [6.45, 7) is 9.61. The predicted octanol–water partition coefficient (Wildman–Crippen LogP) is 4.45. The first-order valence-corrected chi connectivity index (χ1v) is 13.9. The third-order valence-corrected chi connectivity index (χ3v) is 7.43. The molecular formula is C31H38N6O3. The van der Waals surface area contributed by atoms with Gasteiger partial charge < -0.3 is 34.5 Å². The molecule has 0 unspecified atom stereocenters. The van der Waals surface area contributed by atoms with Crippen LogP contribution in [0.4, 0.5) is 5.82 Å². The van der Waals surface area contributed by atoms with Crippen LogP contribution in [0.5, 0.6) is 17.2 Å². The number of hydrogen-bond acceptors (Lipinski definition) is 7. The van der Waals surface area contributed by atoms with Crippen LogP contribution in [0, 0.1) is 0 Å². The number of fused-ring (bicyclic) bond motifs is 1. The van der Waals surface area contributed by atoms with E-state index < -0.39 is 0 Å². The van der Waals surface area contributed by atoms with Crippen LogP contribution in [0.3, 0.4) is 0 Å². The molecule has 2 aromatic heterocycles. The Balaban J connectivity index is 1.19. The molecule has 0 bridgehead atoms. The summed E-state index contributed by atoms with van der Waals surface area (Å²) in [7, 11) is 3.53. The number of ether oxygens (including phenoxy) is 2. The summed E-state index contributed by atoms with van der Waals surface area (Å²) in [6, 6.07) is 17.2. The van der Waals surface area contributed by atoms with Crippen molar-refractivity contribution >= 4 is 22.6 Å². The van der Waals surface area contributed by atoms with Crippen LogP contribution in [0.1, 0.15) is 22.8 Å². The highest BCUT2D eigenvalue weighted by molar-refractivity contribution is 6.03. The molecule has 0 atom stereocenters. The maximum absolute atomic E-state index is 12.9. The van der Waals surface area contributed by atoms with Gasteiger partial charge in [-0.2, -0.15) is 0 Å². The van der Waals surface area contributed by atoms with Crippen molar-refractivity contribution in [2.75, 3.05) is 58.7 Å². The Labute approximate surface area is 235 Å². The molecule has 2 aromatic carbocycles. The van der Waals surface area contributed by atoms with Gasteiger partial charge in [0, 0.05) is 68.2 Å². The van der Waals surface area contributed by atoms with Gasteiger partial charge in [-0.05, 0) is 55.9 Å². The second-order valence-corrected chi connectivity index (χ2v) is 10.0. The summed E-state index contributed by atoms with van der Waals surface area (Å²) in [4.78, 5) is 22.2. The van der Waals surface area contributed by atoms with Crippen molar-refractivity contribution in [3.8, 4) is 17.2 Å².